The summed E-state index contributed by atoms with van der Waals surface area (Å²) < 4.78 is 5.01. The molecule has 0 heterocycles. The Morgan fingerprint density at radius 1 is 1.60 bits per heavy atom. The molecule has 0 saturated carbocycles. The normalized spacial score (nSPS) is 11.7. The second-order valence-electron chi connectivity index (χ2n) is 2.99. The number of amides is 1. The number of hydrogen-bond donors (Lipinski definition) is 2. The predicted octanol–water partition coefficient (Wildman–Crippen LogP) is 0.641. The fourth-order valence-electron chi connectivity index (χ4n) is 0.986. The summed E-state index contributed by atoms with van der Waals surface area (Å²) in [6.07, 6.45) is 3.26. The highest BCUT2D eigenvalue weighted by Crippen LogP contribution is 1.96. The molecule has 15 heavy (non-hydrogen) atoms. The van der Waals surface area contributed by atoms with Gasteiger partial charge in [0, 0.05) is 20.2 Å². The van der Waals surface area contributed by atoms with Crippen LogP contribution >= 0.6 is 24.2 Å². The van der Waals surface area contributed by atoms with E-state index >= 15 is 0 Å². The quantitative estimate of drug-likeness (QED) is 0.626. The van der Waals surface area contributed by atoms with E-state index in [9.17, 15) is 4.79 Å². The topological polar surface area (TPSA) is 64.3 Å². The van der Waals surface area contributed by atoms with Crippen LogP contribution in [0.3, 0.4) is 0 Å². The fraction of sp³-hybridized carbons (Fsp3) is 0.889. The van der Waals surface area contributed by atoms with E-state index in [1.54, 1.807) is 18.9 Å². The summed E-state index contributed by atoms with van der Waals surface area (Å²) in [6.45, 7) is 1.12. The van der Waals surface area contributed by atoms with Gasteiger partial charge in [0.25, 0.3) is 0 Å². The van der Waals surface area contributed by atoms with Crippen LogP contribution in [0, 0.1) is 0 Å². The molecule has 6 heteroatoms. The Hall–Kier alpha value is 0.0300. The molecular weight excluding hydrogens is 236 g/mol. The van der Waals surface area contributed by atoms with Crippen molar-refractivity contribution in [3.63, 3.8) is 0 Å². The van der Waals surface area contributed by atoms with Crippen molar-refractivity contribution in [3.8, 4) is 0 Å². The van der Waals surface area contributed by atoms with Gasteiger partial charge in [-0.2, -0.15) is 11.8 Å². The van der Waals surface area contributed by atoms with Crippen molar-refractivity contribution < 1.29 is 9.53 Å². The molecular formula is C9H21ClN2O2S. The molecule has 0 aromatic carbocycles. The lowest BCUT2D eigenvalue weighted by molar-refractivity contribution is -0.123. The van der Waals surface area contributed by atoms with E-state index in [1.165, 1.54) is 0 Å². The molecule has 0 radical (unpaired) electrons. The number of ether oxygens (including phenoxy) is 1. The van der Waals surface area contributed by atoms with E-state index in [2.05, 4.69) is 11.6 Å². The molecule has 0 aliphatic carbocycles. The SMILES string of the molecule is COC(CN)CC(=O)NCCCSC.Cl. The molecule has 1 atom stereocenters. The van der Waals surface area contributed by atoms with Gasteiger partial charge in [-0.15, -0.1) is 12.4 Å². The highest BCUT2D eigenvalue weighted by Gasteiger charge is 2.10. The Bertz CT molecular complexity index is 157. The molecule has 0 spiro atoms. The van der Waals surface area contributed by atoms with Gasteiger partial charge in [-0.3, -0.25) is 4.79 Å². The molecule has 0 bridgehead atoms. The summed E-state index contributed by atoms with van der Waals surface area (Å²) in [5, 5.41) is 2.83. The summed E-state index contributed by atoms with van der Waals surface area (Å²) in [4.78, 5) is 11.3. The van der Waals surface area contributed by atoms with Crippen molar-refractivity contribution >= 4 is 30.1 Å². The standard InChI is InChI=1S/C9H20N2O2S.ClH/c1-13-8(7-10)6-9(12)11-4-3-5-14-2;/h8H,3-7,10H2,1-2H3,(H,11,12);1H. The Kier molecular flexibility index (Phi) is 14.1. The van der Waals surface area contributed by atoms with Gasteiger partial charge < -0.3 is 15.8 Å². The third-order valence-electron chi connectivity index (χ3n) is 1.86. The largest absolute Gasteiger partial charge is 0.380 e. The van der Waals surface area contributed by atoms with Gasteiger partial charge in [-0.25, -0.2) is 0 Å². The van der Waals surface area contributed by atoms with Crippen molar-refractivity contribution in [1.82, 2.24) is 5.32 Å². The summed E-state index contributed by atoms with van der Waals surface area (Å²) in [6, 6.07) is 0. The number of carbonyl (C=O) groups excluding carboxylic acids is 1. The zero-order valence-electron chi connectivity index (χ0n) is 9.32. The third kappa shape index (κ3) is 10.3. The number of nitrogens with one attached hydrogen (secondary N) is 1. The molecule has 4 nitrogen and oxygen atoms in total. The van der Waals surface area contributed by atoms with Gasteiger partial charge in [-0.1, -0.05) is 0 Å². The fourth-order valence-corrected chi connectivity index (χ4v) is 1.42. The minimum atomic E-state index is -0.157. The summed E-state index contributed by atoms with van der Waals surface area (Å²) in [5.41, 5.74) is 5.40. The van der Waals surface area contributed by atoms with Crippen LogP contribution in [0.2, 0.25) is 0 Å². The van der Waals surface area contributed by atoms with Gasteiger partial charge in [0.2, 0.25) is 5.91 Å². The van der Waals surface area contributed by atoms with Crippen LogP contribution in [-0.2, 0) is 9.53 Å². The highest BCUT2D eigenvalue weighted by atomic mass is 35.5. The number of thioether (sulfide) groups is 1. The highest BCUT2D eigenvalue weighted by molar-refractivity contribution is 7.98. The smallest absolute Gasteiger partial charge is 0.222 e. The van der Waals surface area contributed by atoms with E-state index in [0.29, 0.717) is 13.0 Å². The maximum atomic E-state index is 11.3. The molecule has 1 unspecified atom stereocenters. The second kappa shape index (κ2) is 12.1. The van der Waals surface area contributed by atoms with E-state index in [4.69, 9.17) is 10.5 Å². The lowest BCUT2D eigenvalue weighted by Crippen LogP contribution is -2.32. The first-order valence-electron chi connectivity index (χ1n) is 4.73. The summed E-state index contributed by atoms with van der Waals surface area (Å²) in [7, 11) is 1.57. The summed E-state index contributed by atoms with van der Waals surface area (Å²) >= 11 is 1.78. The molecule has 0 aromatic heterocycles. The monoisotopic (exact) mass is 256 g/mol. The van der Waals surface area contributed by atoms with Gasteiger partial charge in [0.15, 0.2) is 0 Å². The average molecular weight is 257 g/mol. The Morgan fingerprint density at radius 2 is 2.27 bits per heavy atom. The molecule has 0 rings (SSSR count). The molecule has 0 aliphatic rings. The molecule has 92 valence electrons. The summed E-state index contributed by atoms with van der Waals surface area (Å²) in [5.74, 6) is 1.09. The van der Waals surface area contributed by atoms with Crippen LogP contribution < -0.4 is 11.1 Å². The molecule has 0 aromatic rings. The van der Waals surface area contributed by atoms with E-state index in [1.807, 2.05) is 0 Å². The van der Waals surface area contributed by atoms with E-state index in [0.717, 1.165) is 18.7 Å². The van der Waals surface area contributed by atoms with Gasteiger partial charge >= 0.3 is 0 Å². The maximum absolute atomic E-state index is 11.3. The Labute approximate surface area is 102 Å². The first-order valence-corrected chi connectivity index (χ1v) is 6.12. The number of methoxy groups -OCH3 is 1. The van der Waals surface area contributed by atoms with E-state index < -0.39 is 0 Å². The van der Waals surface area contributed by atoms with Crippen LogP contribution in [0.15, 0.2) is 0 Å². The van der Waals surface area contributed by atoms with Gasteiger partial charge in [-0.05, 0) is 18.4 Å². The number of rotatable bonds is 8. The third-order valence-corrected chi connectivity index (χ3v) is 2.55. The maximum Gasteiger partial charge on any atom is 0.222 e. The Balaban J connectivity index is 0. The number of carbonyl (C=O) groups is 1. The van der Waals surface area contributed by atoms with Crippen molar-refractivity contribution in [3.05, 3.63) is 0 Å². The molecule has 1 amide bonds. The van der Waals surface area contributed by atoms with Crippen molar-refractivity contribution in [2.45, 2.75) is 18.9 Å². The van der Waals surface area contributed by atoms with Crippen molar-refractivity contribution in [2.75, 3.05) is 32.2 Å². The van der Waals surface area contributed by atoms with Crippen LogP contribution in [0.5, 0.6) is 0 Å². The minimum absolute atomic E-state index is 0. The van der Waals surface area contributed by atoms with Crippen molar-refractivity contribution in [1.29, 1.82) is 0 Å². The molecule has 0 saturated heterocycles. The number of hydrogen-bond acceptors (Lipinski definition) is 4. The second-order valence-corrected chi connectivity index (χ2v) is 3.98. The average Bonchev–Trinajstić information content (AvgIpc) is 2.21. The Morgan fingerprint density at radius 3 is 2.73 bits per heavy atom. The van der Waals surface area contributed by atoms with E-state index in [-0.39, 0.29) is 24.4 Å². The number of nitrogens with two attached hydrogens (primary N) is 1. The minimum Gasteiger partial charge on any atom is -0.380 e. The zero-order valence-corrected chi connectivity index (χ0v) is 11.0. The molecule has 3 N–H and O–H groups in total. The van der Waals surface area contributed by atoms with Crippen LogP contribution in [-0.4, -0.2) is 44.2 Å². The first kappa shape index (κ1) is 17.4. The van der Waals surface area contributed by atoms with Gasteiger partial charge in [0.05, 0.1) is 12.5 Å². The lowest BCUT2D eigenvalue weighted by Gasteiger charge is -2.12. The molecule has 0 aliphatic heterocycles. The van der Waals surface area contributed by atoms with Gasteiger partial charge in [0.1, 0.15) is 0 Å². The van der Waals surface area contributed by atoms with Crippen LogP contribution in [0.1, 0.15) is 12.8 Å². The number of halogens is 1. The van der Waals surface area contributed by atoms with Crippen LogP contribution in [0.4, 0.5) is 0 Å². The van der Waals surface area contributed by atoms with Crippen molar-refractivity contribution in [2.24, 2.45) is 5.73 Å². The molecule has 0 fully saturated rings. The van der Waals surface area contributed by atoms with Crippen LogP contribution in [0.25, 0.3) is 0 Å². The first-order chi connectivity index (χ1) is 6.74. The zero-order chi connectivity index (χ0) is 10.8. The lowest BCUT2D eigenvalue weighted by atomic mass is 10.2. The predicted molar refractivity (Wildman–Crippen MR) is 67.7 cm³/mol.